The Hall–Kier alpha value is -1.70. The summed E-state index contributed by atoms with van der Waals surface area (Å²) >= 11 is 0. The molecule has 5 nitrogen and oxygen atoms in total. The smallest absolute Gasteiger partial charge is 0.367 e. The zero-order valence-corrected chi connectivity index (χ0v) is 13.3. The lowest BCUT2D eigenvalue weighted by molar-refractivity contribution is -0.126. The van der Waals surface area contributed by atoms with Gasteiger partial charge in [-0.2, -0.15) is 8.42 Å². The van der Waals surface area contributed by atoms with Crippen LogP contribution in [0, 0.1) is 5.92 Å². The number of halogens is 2. The van der Waals surface area contributed by atoms with E-state index in [1.54, 1.807) is 22.9 Å². The van der Waals surface area contributed by atoms with Crippen molar-refractivity contribution in [2.24, 2.45) is 5.92 Å². The van der Waals surface area contributed by atoms with Crippen LogP contribution in [-0.2, 0) is 15.1 Å². The molecule has 1 atom stereocenters. The van der Waals surface area contributed by atoms with Gasteiger partial charge in [-0.1, -0.05) is 31.0 Å². The fraction of sp³-hybridized carbons (Fsp3) is 0.533. The quantitative estimate of drug-likeness (QED) is 0.831. The van der Waals surface area contributed by atoms with Gasteiger partial charge in [-0.05, 0) is 25.0 Å². The molecule has 1 fully saturated rings. The predicted molar refractivity (Wildman–Crippen MR) is 80.3 cm³/mol. The van der Waals surface area contributed by atoms with E-state index in [1.807, 2.05) is 0 Å². The molecule has 2 rings (SSSR count). The number of rotatable bonds is 5. The number of hydrogen-bond donors (Lipinski definition) is 1. The third-order valence-corrected chi connectivity index (χ3v) is 4.67. The van der Waals surface area contributed by atoms with E-state index in [0.29, 0.717) is 19.3 Å². The van der Waals surface area contributed by atoms with Crippen LogP contribution in [0.4, 0.5) is 8.78 Å². The van der Waals surface area contributed by atoms with E-state index in [9.17, 15) is 22.0 Å². The monoisotopic (exact) mass is 347 g/mol. The van der Waals surface area contributed by atoms with Crippen molar-refractivity contribution in [1.29, 1.82) is 0 Å². The van der Waals surface area contributed by atoms with Crippen molar-refractivity contribution in [3.05, 3.63) is 30.3 Å². The van der Waals surface area contributed by atoms with Crippen LogP contribution in [-0.4, -0.2) is 20.2 Å². The number of carbonyl (C=O) groups excluding carboxylic acids is 1. The summed E-state index contributed by atoms with van der Waals surface area (Å²) in [5.74, 6) is -5.03. The lowest BCUT2D eigenvalue weighted by Gasteiger charge is -2.24. The SMILES string of the molecule is O=C(CC1CCCCCC1(F)F)NS(=O)(=O)Oc1ccccc1. The summed E-state index contributed by atoms with van der Waals surface area (Å²) in [4.78, 5) is 11.8. The summed E-state index contributed by atoms with van der Waals surface area (Å²) in [7, 11) is -4.38. The summed E-state index contributed by atoms with van der Waals surface area (Å²) in [6.07, 6.45) is 1.13. The van der Waals surface area contributed by atoms with Gasteiger partial charge in [0.05, 0.1) is 0 Å². The lowest BCUT2D eigenvalue weighted by Crippen LogP contribution is -2.38. The molecule has 1 N–H and O–H groups in total. The minimum absolute atomic E-state index is 0.0348. The second kappa shape index (κ2) is 7.25. The van der Waals surface area contributed by atoms with E-state index in [4.69, 9.17) is 4.18 Å². The normalized spacial score (nSPS) is 21.2. The highest BCUT2D eigenvalue weighted by Gasteiger charge is 2.41. The summed E-state index contributed by atoms with van der Waals surface area (Å²) in [5, 5.41) is 0. The third-order valence-electron chi connectivity index (χ3n) is 3.78. The molecule has 0 heterocycles. The van der Waals surface area contributed by atoms with Gasteiger partial charge in [0.1, 0.15) is 5.75 Å². The Morgan fingerprint density at radius 3 is 2.61 bits per heavy atom. The highest BCUT2D eigenvalue weighted by molar-refractivity contribution is 7.85. The molecule has 1 aromatic carbocycles. The molecule has 0 saturated heterocycles. The fourth-order valence-corrected chi connectivity index (χ4v) is 3.39. The molecule has 0 bridgehead atoms. The molecule has 128 valence electrons. The minimum atomic E-state index is -4.38. The molecule has 0 spiro atoms. The number of alkyl halides is 2. The van der Waals surface area contributed by atoms with E-state index in [-0.39, 0.29) is 18.6 Å². The molecule has 1 aromatic rings. The molecule has 8 heteroatoms. The highest BCUT2D eigenvalue weighted by Crippen LogP contribution is 2.38. The van der Waals surface area contributed by atoms with E-state index >= 15 is 0 Å². The number of benzene rings is 1. The minimum Gasteiger partial charge on any atom is -0.367 e. The molecule has 1 unspecified atom stereocenters. The van der Waals surface area contributed by atoms with E-state index < -0.39 is 34.5 Å². The molecule has 0 radical (unpaired) electrons. The number of nitrogens with one attached hydrogen (secondary N) is 1. The van der Waals surface area contributed by atoms with Gasteiger partial charge in [0.25, 0.3) is 5.92 Å². The largest absolute Gasteiger partial charge is 0.409 e. The van der Waals surface area contributed by atoms with Crippen molar-refractivity contribution in [2.45, 2.75) is 44.4 Å². The molecule has 1 aliphatic carbocycles. The maximum atomic E-state index is 13.9. The first-order chi connectivity index (χ1) is 10.8. The average molecular weight is 347 g/mol. The number of hydrogen-bond acceptors (Lipinski definition) is 4. The first-order valence-electron chi connectivity index (χ1n) is 7.46. The van der Waals surface area contributed by atoms with Crippen LogP contribution >= 0.6 is 0 Å². The molecule has 1 amide bonds. The molecule has 0 aliphatic heterocycles. The molecule has 23 heavy (non-hydrogen) atoms. The Morgan fingerprint density at radius 1 is 1.22 bits per heavy atom. The van der Waals surface area contributed by atoms with E-state index in [0.717, 1.165) is 0 Å². The van der Waals surface area contributed by atoms with Gasteiger partial charge in [-0.25, -0.2) is 13.5 Å². The van der Waals surface area contributed by atoms with Gasteiger partial charge in [0.2, 0.25) is 5.91 Å². The standard InChI is InChI=1S/C15H19F2NO4S/c16-15(17)10-6-2-3-7-12(15)11-14(19)18-23(20,21)22-13-8-4-1-5-9-13/h1,4-5,8-9,12H,2-3,6-7,10-11H2,(H,18,19). The van der Waals surface area contributed by atoms with Gasteiger partial charge in [-0.3, -0.25) is 4.79 Å². The van der Waals surface area contributed by atoms with Crippen LogP contribution in [0.3, 0.4) is 0 Å². The molecule has 1 saturated carbocycles. The first kappa shape index (κ1) is 17.7. The van der Waals surface area contributed by atoms with Crippen LogP contribution in [0.1, 0.15) is 38.5 Å². The van der Waals surface area contributed by atoms with Crippen molar-refractivity contribution in [1.82, 2.24) is 4.72 Å². The molecule has 0 aromatic heterocycles. The Bertz CT molecular complexity index is 634. The summed E-state index contributed by atoms with van der Waals surface area (Å²) < 4.78 is 57.7. The Balaban J connectivity index is 1.95. The highest BCUT2D eigenvalue weighted by atomic mass is 32.2. The Kier molecular flexibility index (Phi) is 5.56. The summed E-state index contributed by atoms with van der Waals surface area (Å²) in [6.45, 7) is 0. The third kappa shape index (κ3) is 5.46. The maximum absolute atomic E-state index is 13.9. The fourth-order valence-electron chi connectivity index (χ4n) is 2.62. The summed E-state index contributed by atoms with van der Waals surface area (Å²) in [6, 6.07) is 7.62. The average Bonchev–Trinajstić information content (AvgIpc) is 2.60. The lowest BCUT2D eigenvalue weighted by atomic mass is 9.92. The van der Waals surface area contributed by atoms with Crippen LogP contribution in [0.15, 0.2) is 30.3 Å². The summed E-state index contributed by atoms with van der Waals surface area (Å²) in [5.41, 5.74) is 0. The van der Waals surface area contributed by atoms with Crippen LogP contribution in [0.2, 0.25) is 0 Å². The van der Waals surface area contributed by atoms with Crippen molar-refractivity contribution < 1.29 is 26.2 Å². The van der Waals surface area contributed by atoms with E-state index in [1.165, 1.54) is 12.1 Å². The second-order valence-electron chi connectivity index (χ2n) is 5.64. The molecule has 1 aliphatic rings. The Morgan fingerprint density at radius 2 is 1.91 bits per heavy atom. The first-order valence-corrected chi connectivity index (χ1v) is 8.87. The van der Waals surface area contributed by atoms with Crippen molar-refractivity contribution in [3.63, 3.8) is 0 Å². The number of para-hydroxylation sites is 1. The molecular weight excluding hydrogens is 328 g/mol. The van der Waals surface area contributed by atoms with Crippen molar-refractivity contribution >= 4 is 16.2 Å². The maximum Gasteiger partial charge on any atom is 0.409 e. The zero-order chi connectivity index (χ0) is 16.9. The predicted octanol–water partition coefficient (Wildman–Crippen LogP) is 3.03. The van der Waals surface area contributed by atoms with Gasteiger partial charge in [0.15, 0.2) is 0 Å². The molecular formula is C15H19F2NO4S. The van der Waals surface area contributed by atoms with Crippen molar-refractivity contribution in [3.8, 4) is 5.75 Å². The van der Waals surface area contributed by atoms with Gasteiger partial charge in [-0.15, -0.1) is 0 Å². The van der Waals surface area contributed by atoms with Gasteiger partial charge >= 0.3 is 10.3 Å². The zero-order valence-electron chi connectivity index (χ0n) is 12.5. The van der Waals surface area contributed by atoms with Gasteiger partial charge in [0, 0.05) is 18.8 Å². The van der Waals surface area contributed by atoms with Crippen LogP contribution < -0.4 is 8.91 Å². The van der Waals surface area contributed by atoms with Crippen LogP contribution in [0.5, 0.6) is 5.75 Å². The van der Waals surface area contributed by atoms with Crippen molar-refractivity contribution in [2.75, 3.05) is 0 Å². The number of amides is 1. The topological polar surface area (TPSA) is 72.5 Å². The Labute approximate surface area is 134 Å². The second-order valence-corrected chi connectivity index (χ2v) is 6.92. The van der Waals surface area contributed by atoms with E-state index in [2.05, 4.69) is 0 Å². The van der Waals surface area contributed by atoms with Crippen LogP contribution in [0.25, 0.3) is 0 Å². The number of carbonyl (C=O) groups is 1. The van der Waals surface area contributed by atoms with Gasteiger partial charge < -0.3 is 4.18 Å².